The summed E-state index contributed by atoms with van der Waals surface area (Å²) in [6, 6.07) is 11.4. The zero-order valence-corrected chi connectivity index (χ0v) is 12.7. The number of aromatic nitrogens is 1. The van der Waals surface area contributed by atoms with Crippen molar-refractivity contribution in [3.63, 3.8) is 0 Å². The summed E-state index contributed by atoms with van der Waals surface area (Å²) in [5, 5.41) is 0. The van der Waals surface area contributed by atoms with Crippen LogP contribution in [0.5, 0.6) is 5.75 Å². The molecule has 0 spiro atoms. The molecule has 1 aliphatic heterocycles. The lowest BCUT2D eigenvalue weighted by Gasteiger charge is -2.33. The molecular weight excluding hydrogens is 276 g/mol. The molecule has 1 aromatic carbocycles. The van der Waals surface area contributed by atoms with E-state index in [1.54, 1.807) is 12.4 Å². The third-order valence-electron chi connectivity index (χ3n) is 3.99. The highest BCUT2D eigenvalue weighted by Gasteiger charge is 2.26. The molecule has 1 fully saturated rings. The Morgan fingerprint density at radius 1 is 1.23 bits per heavy atom. The molecule has 0 unspecified atom stereocenters. The maximum absolute atomic E-state index is 12.7. The van der Waals surface area contributed by atoms with Gasteiger partial charge in [-0.2, -0.15) is 0 Å². The number of piperidine rings is 1. The number of pyridine rings is 1. The summed E-state index contributed by atoms with van der Waals surface area (Å²) < 4.78 is 5.97. The first kappa shape index (κ1) is 14.6. The monoisotopic (exact) mass is 296 g/mol. The summed E-state index contributed by atoms with van der Waals surface area (Å²) in [6.07, 6.45) is 5.42. The van der Waals surface area contributed by atoms with Gasteiger partial charge in [0.05, 0.1) is 6.54 Å². The van der Waals surface area contributed by atoms with E-state index in [-0.39, 0.29) is 12.0 Å². The average molecular weight is 296 g/mol. The van der Waals surface area contributed by atoms with Crippen LogP contribution in [0.3, 0.4) is 0 Å². The smallest absolute Gasteiger partial charge is 0.254 e. The van der Waals surface area contributed by atoms with Gasteiger partial charge in [-0.25, -0.2) is 0 Å². The van der Waals surface area contributed by atoms with E-state index in [1.807, 2.05) is 48.2 Å². The van der Waals surface area contributed by atoms with E-state index in [1.165, 1.54) is 0 Å². The van der Waals surface area contributed by atoms with Crippen molar-refractivity contribution in [1.82, 2.24) is 9.88 Å². The summed E-state index contributed by atoms with van der Waals surface area (Å²) in [5.41, 5.74) is 1.80. The number of likely N-dealkylation sites (tertiary alicyclic amines) is 1. The van der Waals surface area contributed by atoms with Gasteiger partial charge in [0.15, 0.2) is 0 Å². The molecule has 0 aliphatic carbocycles. The summed E-state index contributed by atoms with van der Waals surface area (Å²) in [7, 11) is 0. The maximum atomic E-state index is 12.7. The molecule has 2 heterocycles. The topological polar surface area (TPSA) is 42.4 Å². The summed E-state index contributed by atoms with van der Waals surface area (Å²) >= 11 is 0. The van der Waals surface area contributed by atoms with E-state index in [4.69, 9.17) is 4.74 Å². The van der Waals surface area contributed by atoms with Crippen molar-refractivity contribution >= 4 is 5.91 Å². The predicted molar refractivity (Wildman–Crippen MR) is 85.0 cm³/mol. The Morgan fingerprint density at radius 2 is 2.00 bits per heavy atom. The highest BCUT2D eigenvalue weighted by molar-refractivity contribution is 5.95. The zero-order chi connectivity index (χ0) is 15.4. The molecule has 1 atom stereocenters. The van der Waals surface area contributed by atoms with Gasteiger partial charge in [0.25, 0.3) is 5.91 Å². The zero-order valence-electron chi connectivity index (χ0n) is 12.7. The van der Waals surface area contributed by atoms with Gasteiger partial charge in [-0.15, -0.1) is 0 Å². The van der Waals surface area contributed by atoms with Crippen LogP contribution in [0.15, 0.2) is 48.8 Å². The third-order valence-corrected chi connectivity index (χ3v) is 3.99. The maximum Gasteiger partial charge on any atom is 0.254 e. The molecule has 2 aromatic rings. The lowest BCUT2D eigenvalue weighted by molar-refractivity contribution is 0.0537. The van der Waals surface area contributed by atoms with Gasteiger partial charge in [0.2, 0.25) is 0 Å². The summed E-state index contributed by atoms with van der Waals surface area (Å²) in [5.74, 6) is 0.909. The number of ether oxygens (including phenoxy) is 1. The Hall–Kier alpha value is -2.36. The van der Waals surface area contributed by atoms with Gasteiger partial charge in [0, 0.05) is 24.5 Å². The van der Waals surface area contributed by atoms with Crippen LogP contribution in [0.25, 0.3) is 0 Å². The van der Waals surface area contributed by atoms with Crippen molar-refractivity contribution in [1.29, 1.82) is 0 Å². The Balaban J connectivity index is 1.68. The molecule has 4 heteroatoms. The molecule has 0 saturated carbocycles. The van der Waals surface area contributed by atoms with E-state index < -0.39 is 0 Å². The van der Waals surface area contributed by atoms with Crippen LogP contribution in [0.4, 0.5) is 0 Å². The fraction of sp³-hybridized carbons (Fsp3) is 0.333. The molecule has 0 bridgehead atoms. The van der Waals surface area contributed by atoms with Crippen LogP contribution in [-0.2, 0) is 0 Å². The molecule has 1 saturated heterocycles. The second-order valence-electron chi connectivity index (χ2n) is 5.63. The fourth-order valence-corrected chi connectivity index (χ4v) is 2.81. The normalized spacial score (nSPS) is 18.0. The molecule has 0 radical (unpaired) electrons. The largest absolute Gasteiger partial charge is 0.488 e. The number of carbonyl (C=O) groups is 1. The number of hydrogen-bond acceptors (Lipinski definition) is 3. The first-order valence-corrected chi connectivity index (χ1v) is 7.65. The third kappa shape index (κ3) is 3.27. The minimum Gasteiger partial charge on any atom is -0.488 e. The van der Waals surface area contributed by atoms with Crippen molar-refractivity contribution in [3.05, 3.63) is 59.9 Å². The van der Waals surface area contributed by atoms with Crippen molar-refractivity contribution in [2.45, 2.75) is 25.9 Å². The quantitative estimate of drug-likeness (QED) is 0.874. The lowest BCUT2D eigenvalue weighted by Crippen LogP contribution is -2.44. The number of rotatable bonds is 3. The first-order valence-electron chi connectivity index (χ1n) is 7.65. The minimum absolute atomic E-state index is 0.0455. The van der Waals surface area contributed by atoms with Gasteiger partial charge < -0.3 is 9.64 Å². The van der Waals surface area contributed by atoms with Crippen molar-refractivity contribution in [2.24, 2.45) is 0 Å². The first-order chi connectivity index (χ1) is 10.7. The molecule has 3 rings (SSSR count). The molecule has 1 aromatic heterocycles. The molecular formula is C18H20N2O2. The predicted octanol–water partition coefficient (Wildman–Crippen LogP) is 3.07. The fourth-order valence-electron chi connectivity index (χ4n) is 2.81. The van der Waals surface area contributed by atoms with Crippen LogP contribution in [0.1, 0.15) is 28.8 Å². The Labute approximate surface area is 130 Å². The Bertz CT molecular complexity index is 643. The number of nitrogens with zero attached hydrogens (tertiary/aromatic N) is 2. The molecule has 4 nitrogen and oxygen atoms in total. The number of carbonyl (C=O) groups excluding carboxylic acids is 1. The molecule has 114 valence electrons. The summed E-state index contributed by atoms with van der Waals surface area (Å²) in [4.78, 5) is 18.6. The van der Waals surface area contributed by atoms with Crippen molar-refractivity contribution in [2.75, 3.05) is 13.1 Å². The van der Waals surface area contributed by atoms with Crippen LogP contribution in [0, 0.1) is 6.92 Å². The van der Waals surface area contributed by atoms with Crippen LogP contribution in [-0.4, -0.2) is 35.0 Å². The van der Waals surface area contributed by atoms with Crippen LogP contribution < -0.4 is 4.74 Å². The second kappa shape index (κ2) is 6.60. The number of hydrogen-bond donors (Lipinski definition) is 0. The second-order valence-corrected chi connectivity index (χ2v) is 5.63. The number of aryl methyl sites for hydroxylation is 1. The van der Waals surface area contributed by atoms with Gasteiger partial charge in [-0.05, 0) is 43.5 Å². The highest BCUT2D eigenvalue weighted by Crippen LogP contribution is 2.20. The highest BCUT2D eigenvalue weighted by atomic mass is 16.5. The molecule has 1 amide bonds. The van der Waals surface area contributed by atoms with E-state index in [0.717, 1.165) is 36.3 Å². The molecule has 1 aliphatic rings. The minimum atomic E-state index is 0.0455. The van der Waals surface area contributed by atoms with Gasteiger partial charge in [-0.1, -0.05) is 18.2 Å². The standard InChI is InChI=1S/C18H20N2O2/c1-14-5-2-3-7-17(14)18(21)20-12-4-6-16(13-20)22-15-8-10-19-11-9-15/h2-3,5,7-11,16H,4,6,12-13H2,1H3/t16-/m1/s1. The van der Waals surface area contributed by atoms with Crippen LogP contribution in [0.2, 0.25) is 0 Å². The molecule has 22 heavy (non-hydrogen) atoms. The average Bonchev–Trinajstić information content (AvgIpc) is 2.56. The van der Waals surface area contributed by atoms with E-state index in [0.29, 0.717) is 6.54 Å². The summed E-state index contributed by atoms with van der Waals surface area (Å²) in [6.45, 7) is 3.40. The van der Waals surface area contributed by atoms with E-state index in [2.05, 4.69) is 4.98 Å². The van der Waals surface area contributed by atoms with Gasteiger partial charge in [0.1, 0.15) is 11.9 Å². The van der Waals surface area contributed by atoms with Crippen LogP contribution >= 0.6 is 0 Å². The lowest BCUT2D eigenvalue weighted by atomic mass is 10.0. The SMILES string of the molecule is Cc1ccccc1C(=O)N1CCC[C@@H](Oc2ccncc2)C1. The van der Waals surface area contributed by atoms with E-state index >= 15 is 0 Å². The van der Waals surface area contributed by atoms with Gasteiger partial charge >= 0.3 is 0 Å². The Morgan fingerprint density at radius 3 is 2.77 bits per heavy atom. The van der Waals surface area contributed by atoms with E-state index in [9.17, 15) is 4.79 Å². The Kier molecular flexibility index (Phi) is 4.37. The number of benzene rings is 1. The number of amides is 1. The van der Waals surface area contributed by atoms with Crippen molar-refractivity contribution < 1.29 is 9.53 Å². The molecule has 0 N–H and O–H groups in total. The van der Waals surface area contributed by atoms with Gasteiger partial charge in [-0.3, -0.25) is 9.78 Å². The van der Waals surface area contributed by atoms with Crippen molar-refractivity contribution in [3.8, 4) is 5.75 Å².